The molecule has 0 aliphatic rings. The first-order chi connectivity index (χ1) is 12.4. The maximum atomic E-state index is 6.24. The molecule has 2 heterocycles. The summed E-state index contributed by atoms with van der Waals surface area (Å²) >= 11 is 1.71. The van der Waals surface area contributed by atoms with Gasteiger partial charge in [-0.2, -0.15) is 0 Å². The molecule has 2 N–H and O–H groups in total. The number of benzene rings is 2. The zero-order valence-corrected chi connectivity index (χ0v) is 16.3. The van der Waals surface area contributed by atoms with Gasteiger partial charge in [0.2, 0.25) is 0 Å². The molecule has 26 heavy (non-hydrogen) atoms. The van der Waals surface area contributed by atoms with Gasteiger partial charge in [-0.15, -0.1) is 11.3 Å². The van der Waals surface area contributed by atoms with Crippen molar-refractivity contribution in [1.29, 1.82) is 0 Å². The van der Waals surface area contributed by atoms with E-state index in [9.17, 15) is 0 Å². The number of thiophene rings is 1. The third kappa shape index (κ3) is 2.66. The topological polar surface area (TPSA) is 48.1 Å². The first-order valence-corrected chi connectivity index (χ1v) is 9.51. The monoisotopic (exact) mass is 362 g/mol. The lowest BCUT2D eigenvalue weighted by Gasteiger charge is -2.20. The second-order valence-corrected chi connectivity index (χ2v) is 8.20. The maximum Gasteiger partial charge on any atom is 0.127 e. The Balaban J connectivity index is 2.07. The van der Waals surface area contributed by atoms with Crippen molar-refractivity contribution in [2.45, 2.75) is 26.3 Å². The predicted octanol–water partition coefficient (Wildman–Crippen LogP) is 5.63. The van der Waals surface area contributed by atoms with Crippen LogP contribution in [0.2, 0.25) is 0 Å². The van der Waals surface area contributed by atoms with Crippen molar-refractivity contribution in [2.24, 2.45) is 5.73 Å². The number of methoxy groups -OCH3 is 1. The van der Waals surface area contributed by atoms with Crippen LogP contribution >= 0.6 is 11.3 Å². The van der Waals surface area contributed by atoms with Gasteiger partial charge in [-0.25, -0.2) is 0 Å². The second-order valence-electron chi connectivity index (χ2n) is 7.25. The van der Waals surface area contributed by atoms with E-state index in [0.29, 0.717) is 0 Å². The van der Waals surface area contributed by atoms with Crippen molar-refractivity contribution < 1.29 is 4.74 Å². The minimum atomic E-state index is -0.361. The average Bonchev–Trinajstić information content (AvgIpc) is 3.09. The van der Waals surface area contributed by atoms with Gasteiger partial charge in [-0.1, -0.05) is 24.3 Å². The molecule has 0 fully saturated rings. The van der Waals surface area contributed by atoms with Gasteiger partial charge in [0.05, 0.1) is 17.3 Å². The molecule has 4 rings (SSSR count). The Hall–Kier alpha value is -2.43. The molecule has 0 bridgehead atoms. The van der Waals surface area contributed by atoms with Gasteiger partial charge >= 0.3 is 0 Å². The number of fused-ring (bicyclic) bond motifs is 3. The fourth-order valence-electron chi connectivity index (χ4n) is 3.47. The highest BCUT2D eigenvalue weighted by Crippen LogP contribution is 2.42. The Morgan fingerprint density at radius 2 is 1.85 bits per heavy atom. The number of rotatable bonds is 3. The van der Waals surface area contributed by atoms with E-state index in [2.05, 4.69) is 48.7 Å². The van der Waals surface area contributed by atoms with Gasteiger partial charge in [-0.3, -0.25) is 4.98 Å². The molecule has 0 radical (unpaired) electrons. The van der Waals surface area contributed by atoms with E-state index in [1.54, 1.807) is 18.4 Å². The van der Waals surface area contributed by atoms with E-state index >= 15 is 0 Å². The summed E-state index contributed by atoms with van der Waals surface area (Å²) in [5.41, 5.74) is 11.3. The normalized spacial score (nSPS) is 12.0. The molecule has 4 aromatic rings. The summed E-state index contributed by atoms with van der Waals surface area (Å²) in [7, 11) is 1.72. The van der Waals surface area contributed by atoms with Crippen molar-refractivity contribution in [2.75, 3.05) is 7.11 Å². The fraction of sp³-hybridized carbons (Fsp3) is 0.227. The highest BCUT2D eigenvalue weighted by atomic mass is 32.1. The highest BCUT2D eigenvalue weighted by Gasteiger charge is 2.19. The van der Waals surface area contributed by atoms with E-state index in [0.717, 1.165) is 38.9 Å². The van der Waals surface area contributed by atoms with Crippen molar-refractivity contribution in [3.63, 3.8) is 0 Å². The minimum absolute atomic E-state index is 0.361. The summed E-state index contributed by atoms with van der Waals surface area (Å²) in [6, 6.07) is 12.7. The van der Waals surface area contributed by atoms with Crippen molar-refractivity contribution in [3.05, 3.63) is 59.1 Å². The molecule has 3 nitrogen and oxygen atoms in total. The van der Waals surface area contributed by atoms with Crippen LogP contribution in [-0.4, -0.2) is 12.1 Å². The molecule has 0 unspecified atom stereocenters. The Morgan fingerprint density at radius 3 is 2.50 bits per heavy atom. The summed E-state index contributed by atoms with van der Waals surface area (Å²) in [5, 5.41) is 4.49. The summed E-state index contributed by atoms with van der Waals surface area (Å²) in [4.78, 5) is 4.73. The Labute approximate surface area is 157 Å². The van der Waals surface area contributed by atoms with Crippen LogP contribution in [0.3, 0.4) is 0 Å². The molecular weight excluding hydrogens is 340 g/mol. The first-order valence-electron chi connectivity index (χ1n) is 8.63. The second kappa shape index (κ2) is 6.08. The molecule has 0 amide bonds. The predicted molar refractivity (Wildman–Crippen MR) is 111 cm³/mol. The molecule has 0 aliphatic heterocycles. The number of hydrogen-bond acceptors (Lipinski definition) is 4. The van der Waals surface area contributed by atoms with Gasteiger partial charge in [0.25, 0.3) is 0 Å². The fourth-order valence-corrected chi connectivity index (χ4v) is 4.23. The minimum Gasteiger partial charge on any atom is -0.496 e. The molecular formula is C22H22N2OS. The van der Waals surface area contributed by atoms with E-state index < -0.39 is 0 Å². The molecule has 2 aromatic heterocycles. The zero-order valence-electron chi connectivity index (χ0n) is 15.5. The zero-order chi connectivity index (χ0) is 18.5. The van der Waals surface area contributed by atoms with Gasteiger partial charge in [0.1, 0.15) is 5.75 Å². The van der Waals surface area contributed by atoms with Crippen LogP contribution < -0.4 is 10.5 Å². The van der Waals surface area contributed by atoms with Crippen molar-refractivity contribution >= 4 is 32.3 Å². The number of nitrogens with two attached hydrogens (primary N) is 1. The molecule has 132 valence electrons. The molecule has 0 aliphatic carbocycles. The number of hydrogen-bond donors (Lipinski definition) is 1. The largest absolute Gasteiger partial charge is 0.496 e. The molecule has 0 spiro atoms. The van der Waals surface area contributed by atoms with Gasteiger partial charge < -0.3 is 10.5 Å². The molecule has 4 heteroatoms. The molecule has 0 atom stereocenters. The SMILES string of the molecule is COc1cc(C)c2ncc3sccc3c2c1-c1ccc(C(C)(C)N)cc1. The standard InChI is InChI=1S/C22H22N2OS/c1-13-11-17(25-4)19(14-5-7-15(8-6-14)22(2,3)23)20-16-9-10-26-18(16)12-24-21(13)20/h5-12H,23H2,1-4H3. The lowest BCUT2D eigenvalue weighted by Crippen LogP contribution is -2.28. The van der Waals surface area contributed by atoms with Crippen LogP contribution in [0.4, 0.5) is 0 Å². The number of pyridine rings is 1. The van der Waals surface area contributed by atoms with Crippen molar-refractivity contribution in [1.82, 2.24) is 4.98 Å². The third-order valence-electron chi connectivity index (χ3n) is 4.87. The van der Waals surface area contributed by atoms with Crippen molar-refractivity contribution in [3.8, 4) is 16.9 Å². The van der Waals surface area contributed by atoms with Gasteiger partial charge in [0, 0.05) is 28.1 Å². The number of aryl methyl sites for hydroxylation is 1. The van der Waals surface area contributed by atoms with E-state index in [1.807, 2.05) is 20.0 Å². The summed E-state index contributed by atoms with van der Waals surface area (Å²) in [6.07, 6.45) is 1.96. The quantitative estimate of drug-likeness (QED) is 0.514. The Kier molecular flexibility index (Phi) is 3.98. The Bertz CT molecular complexity index is 1110. The molecule has 0 saturated carbocycles. The van der Waals surface area contributed by atoms with Gasteiger partial charge in [-0.05, 0) is 55.0 Å². The van der Waals surface area contributed by atoms with Crippen LogP contribution in [0.25, 0.3) is 32.1 Å². The molecule has 2 aromatic carbocycles. The van der Waals surface area contributed by atoms with E-state index in [-0.39, 0.29) is 5.54 Å². The third-order valence-corrected chi connectivity index (χ3v) is 5.72. The van der Waals surface area contributed by atoms with Gasteiger partial charge in [0.15, 0.2) is 0 Å². The van der Waals surface area contributed by atoms with Crippen LogP contribution in [0, 0.1) is 6.92 Å². The van der Waals surface area contributed by atoms with Crippen LogP contribution in [0.15, 0.2) is 48.0 Å². The van der Waals surface area contributed by atoms with Crippen LogP contribution in [0.5, 0.6) is 5.75 Å². The lowest BCUT2D eigenvalue weighted by atomic mass is 9.91. The van der Waals surface area contributed by atoms with Crippen LogP contribution in [-0.2, 0) is 5.54 Å². The van der Waals surface area contributed by atoms with Crippen LogP contribution in [0.1, 0.15) is 25.0 Å². The Morgan fingerprint density at radius 1 is 1.12 bits per heavy atom. The highest BCUT2D eigenvalue weighted by molar-refractivity contribution is 7.17. The summed E-state index contributed by atoms with van der Waals surface area (Å²) in [5.74, 6) is 0.871. The maximum absolute atomic E-state index is 6.24. The van der Waals surface area contributed by atoms with E-state index in [4.69, 9.17) is 15.5 Å². The number of aromatic nitrogens is 1. The smallest absolute Gasteiger partial charge is 0.127 e. The number of ether oxygens (including phenoxy) is 1. The average molecular weight is 362 g/mol. The summed E-state index contributed by atoms with van der Waals surface area (Å²) in [6.45, 7) is 6.12. The first kappa shape index (κ1) is 17.0. The lowest BCUT2D eigenvalue weighted by molar-refractivity contribution is 0.416. The number of nitrogens with zero attached hydrogens (tertiary/aromatic N) is 1. The molecule has 0 saturated heterocycles. The van der Waals surface area contributed by atoms with E-state index in [1.165, 1.54) is 10.1 Å². The summed E-state index contributed by atoms with van der Waals surface area (Å²) < 4.78 is 6.95.